The molecule has 6 aromatic rings. The number of amides is 1. The van der Waals surface area contributed by atoms with Crippen molar-refractivity contribution in [2.24, 2.45) is 23.7 Å². The van der Waals surface area contributed by atoms with E-state index < -0.39 is 5.60 Å². The Morgan fingerprint density at radius 3 is 1.66 bits per heavy atom. The van der Waals surface area contributed by atoms with Crippen LogP contribution in [0.3, 0.4) is 0 Å². The minimum absolute atomic E-state index is 0.0903. The highest BCUT2D eigenvalue weighted by Gasteiger charge is 2.33. The van der Waals surface area contributed by atoms with E-state index in [1.165, 1.54) is 0 Å². The van der Waals surface area contributed by atoms with E-state index in [2.05, 4.69) is 48.0 Å². The van der Waals surface area contributed by atoms with Crippen LogP contribution in [0.1, 0.15) is 111 Å². The molecule has 71 heavy (non-hydrogen) atoms. The molecule has 1 amide bonds. The van der Waals surface area contributed by atoms with Gasteiger partial charge in [0.2, 0.25) is 11.9 Å². The molecule has 2 saturated carbocycles. The molecule has 2 atom stereocenters. The molecule has 376 valence electrons. The van der Waals surface area contributed by atoms with E-state index in [0.717, 1.165) is 135 Å². The second-order valence-electron chi connectivity index (χ2n) is 21.1. The number of benzene rings is 2. The number of para-hydroxylation sites is 2. The molecule has 0 radical (unpaired) electrons. The van der Waals surface area contributed by atoms with Crippen molar-refractivity contribution in [3.05, 3.63) is 83.4 Å². The van der Waals surface area contributed by atoms with Crippen LogP contribution in [0.15, 0.2) is 73.3 Å². The van der Waals surface area contributed by atoms with Crippen LogP contribution < -0.4 is 16.0 Å². The monoisotopic (exact) mass is 1000 g/mol. The van der Waals surface area contributed by atoms with Crippen LogP contribution in [0, 0.1) is 23.7 Å². The summed E-state index contributed by atoms with van der Waals surface area (Å²) in [5.74, 6) is 2.95. The molecule has 4 aromatic heterocycles. The molecule has 5 N–H and O–H groups in total. The van der Waals surface area contributed by atoms with Crippen LogP contribution in [-0.2, 0) is 14.3 Å². The summed E-state index contributed by atoms with van der Waals surface area (Å²) in [5.41, 5.74) is 4.95. The normalized spacial score (nSPS) is 22.9. The van der Waals surface area contributed by atoms with Gasteiger partial charge in [-0.1, -0.05) is 59.6 Å². The molecule has 4 fully saturated rings. The van der Waals surface area contributed by atoms with Gasteiger partial charge in [0.25, 0.3) is 0 Å². The summed E-state index contributed by atoms with van der Waals surface area (Å²) in [6.45, 7) is 8.64. The number of hydrogen-bond acceptors (Lipinski definition) is 11. The highest BCUT2D eigenvalue weighted by Crippen LogP contribution is 2.36. The summed E-state index contributed by atoms with van der Waals surface area (Å²) in [5, 5.41) is 13.6. The van der Waals surface area contributed by atoms with E-state index in [-0.39, 0.29) is 29.8 Å². The van der Waals surface area contributed by atoms with Crippen LogP contribution in [0.4, 0.5) is 16.7 Å². The van der Waals surface area contributed by atoms with Crippen molar-refractivity contribution >= 4 is 74.6 Å². The first-order chi connectivity index (χ1) is 34.3. The second-order valence-corrected chi connectivity index (χ2v) is 22.0. The number of fused-ring (bicyclic) bond motifs is 2. The fourth-order valence-corrected chi connectivity index (χ4v) is 11.3. The fourth-order valence-electron chi connectivity index (χ4n) is 10.9. The maximum atomic E-state index is 13.1. The number of carbonyl (C=O) groups is 3. The Kier molecular flexibility index (Phi) is 16.2. The standard InChI is InChI=1S/C30H38ClN5O3.C25H30ClN5O/c1-30(2,3)39-29(38)36-14-6-7-20(18-36)26(37)15-19-10-12-21(13-11-19)34-28-33-17-24(31)27(35-28)23-16-32-25-9-5-4-8-22(23)25;26-21-15-29-25(31-24(21)20-14-28-22-6-2-1-5-19(20)22)30-18-9-7-16(8-10-18)12-23(32)17-4-3-11-27-13-17/h4-5,8-9,16-17,19-21,32H,6-7,10-15,18H2,1-3H3,(H,33,34,35);1-2,5-6,14-18,27-28H,3-4,7-13H2,(H,29,30,31). The maximum absolute atomic E-state index is 13.1. The van der Waals surface area contributed by atoms with Gasteiger partial charge >= 0.3 is 6.09 Å². The number of aromatic amines is 2. The molecule has 2 aliphatic carbocycles. The van der Waals surface area contributed by atoms with E-state index in [1.807, 2.05) is 69.6 Å². The number of nitrogens with zero attached hydrogens (tertiary/aromatic N) is 5. The second kappa shape index (κ2) is 22.9. The Balaban J connectivity index is 0.000000179. The number of ketones is 2. The lowest BCUT2D eigenvalue weighted by Gasteiger charge is -2.34. The number of rotatable bonds is 12. The van der Waals surface area contributed by atoms with Crippen molar-refractivity contribution in [3.8, 4) is 22.5 Å². The van der Waals surface area contributed by atoms with Crippen LogP contribution in [0.25, 0.3) is 44.3 Å². The summed E-state index contributed by atoms with van der Waals surface area (Å²) in [4.78, 5) is 64.9. The number of ether oxygens (including phenoxy) is 1. The zero-order chi connectivity index (χ0) is 49.5. The fraction of sp³-hybridized carbons (Fsp3) is 0.509. The van der Waals surface area contributed by atoms with E-state index in [0.29, 0.717) is 70.8 Å². The zero-order valence-corrected chi connectivity index (χ0v) is 42.8. The number of likely N-dealkylation sites (tertiary alicyclic amines) is 1. The predicted octanol–water partition coefficient (Wildman–Crippen LogP) is 12.1. The van der Waals surface area contributed by atoms with Gasteiger partial charge in [-0.25, -0.2) is 24.7 Å². The Labute approximate surface area is 426 Å². The van der Waals surface area contributed by atoms with Crippen LogP contribution in [-0.4, -0.2) is 96.3 Å². The number of H-pyrrole nitrogens is 2. The van der Waals surface area contributed by atoms with Gasteiger partial charge in [-0.3, -0.25) is 9.59 Å². The number of carbonyl (C=O) groups excluding carboxylic acids is 3. The largest absolute Gasteiger partial charge is 0.444 e. The molecule has 0 spiro atoms. The smallest absolute Gasteiger partial charge is 0.410 e. The number of nitrogens with one attached hydrogen (secondary N) is 5. The lowest BCUT2D eigenvalue weighted by Crippen LogP contribution is -2.45. The third-order valence-electron chi connectivity index (χ3n) is 14.8. The highest BCUT2D eigenvalue weighted by atomic mass is 35.5. The Morgan fingerprint density at radius 2 is 1.17 bits per heavy atom. The highest BCUT2D eigenvalue weighted by molar-refractivity contribution is 6.33. The van der Waals surface area contributed by atoms with E-state index >= 15 is 0 Å². The molecular formula is C55H68Cl2N10O4. The molecule has 2 aromatic carbocycles. The maximum Gasteiger partial charge on any atom is 0.410 e. The number of Topliss-reactive ketones (excluding diaryl/α,β-unsaturated/α-hetero) is 2. The topological polar surface area (TPSA) is 183 Å². The van der Waals surface area contributed by atoms with Crippen LogP contribution >= 0.6 is 23.2 Å². The van der Waals surface area contributed by atoms with Gasteiger partial charge < -0.3 is 35.6 Å². The molecule has 14 nitrogen and oxygen atoms in total. The number of aromatic nitrogens is 6. The van der Waals surface area contributed by atoms with E-state index in [4.69, 9.17) is 37.9 Å². The van der Waals surface area contributed by atoms with Crippen molar-refractivity contribution in [1.82, 2.24) is 40.1 Å². The summed E-state index contributed by atoms with van der Waals surface area (Å²) in [7, 11) is 0. The summed E-state index contributed by atoms with van der Waals surface area (Å²) in [6, 6.07) is 16.8. The molecule has 4 aliphatic rings. The first-order valence-electron chi connectivity index (χ1n) is 25.8. The van der Waals surface area contributed by atoms with Crippen molar-refractivity contribution in [3.63, 3.8) is 0 Å². The first kappa shape index (κ1) is 50.4. The molecule has 2 saturated heterocycles. The number of anilines is 2. The Bertz CT molecular complexity index is 2780. The number of hydrogen-bond donors (Lipinski definition) is 5. The molecule has 10 rings (SSSR count). The predicted molar refractivity (Wildman–Crippen MR) is 283 cm³/mol. The average molecular weight is 1000 g/mol. The van der Waals surface area contributed by atoms with Gasteiger partial charge in [0.1, 0.15) is 17.2 Å². The lowest BCUT2D eigenvalue weighted by atomic mass is 9.80. The molecule has 6 heterocycles. The number of piperidine rings is 2. The zero-order valence-electron chi connectivity index (χ0n) is 41.2. The van der Waals surface area contributed by atoms with Gasteiger partial charge in [0.05, 0.1) is 33.8 Å². The third kappa shape index (κ3) is 12.9. The van der Waals surface area contributed by atoms with Crippen molar-refractivity contribution in [1.29, 1.82) is 0 Å². The van der Waals surface area contributed by atoms with E-state index in [9.17, 15) is 14.4 Å². The van der Waals surface area contributed by atoms with Gasteiger partial charge in [-0.05, 0) is 128 Å². The summed E-state index contributed by atoms with van der Waals surface area (Å²) in [6.07, 6.45) is 20.2. The summed E-state index contributed by atoms with van der Waals surface area (Å²) < 4.78 is 5.52. The SMILES string of the molecule is CC(C)(C)OC(=O)N1CCCC(C(=O)CC2CCC(Nc3ncc(Cl)c(-c4c[nH]c5ccccc45)n3)CC2)C1.O=C(CC1CCC(Nc2ncc(Cl)c(-c3c[nH]c4ccccc34)n2)CC1)C1CCCNC1. The van der Waals surface area contributed by atoms with Gasteiger partial charge in [-0.15, -0.1) is 0 Å². The molecule has 2 aliphatic heterocycles. The van der Waals surface area contributed by atoms with Crippen LogP contribution in [0.5, 0.6) is 0 Å². The van der Waals surface area contributed by atoms with Crippen molar-refractivity contribution in [2.75, 3.05) is 36.8 Å². The Morgan fingerprint density at radius 1 is 0.676 bits per heavy atom. The lowest BCUT2D eigenvalue weighted by molar-refractivity contribution is -0.126. The van der Waals surface area contributed by atoms with Crippen molar-refractivity contribution < 1.29 is 19.1 Å². The van der Waals surface area contributed by atoms with Gasteiger partial charge in [0, 0.05) is 102 Å². The quantitative estimate of drug-likeness (QED) is 0.0786. The molecule has 2 unspecified atom stereocenters. The van der Waals surface area contributed by atoms with Crippen LogP contribution in [0.2, 0.25) is 10.0 Å². The van der Waals surface area contributed by atoms with E-state index in [1.54, 1.807) is 17.3 Å². The van der Waals surface area contributed by atoms with Gasteiger partial charge in [0.15, 0.2) is 0 Å². The van der Waals surface area contributed by atoms with Gasteiger partial charge in [-0.2, -0.15) is 0 Å². The minimum atomic E-state index is -0.532. The average Bonchev–Trinajstić information content (AvgIpc) is 4.01. The third-order valence-corrected chi connectivity index (χ3v) is 15.4. The van der Waals surface area contributed by atoms with Crippen molar-refractivity contribution in [2.45, 2.75) is 128 Å². The Hall–Kier alpha value is -5.57. The molecular weight excluding hydrogens is 936 g/mol. The molecule has 16 heteroatoms. The first-order valence-corrected chi connectivity index (χ1v) is 26.5. The molecule has 0 bridgehead atoms. The minimum Gasteiger partial charge on any atom is -0.444 e. The number of halogens is 2. The summed E-state index contributed by atoms with van der Waals surface area (Å²) >= 11 is 12.9.